The summed E-state index contributed by atoms with van der Waals surface area (Å²) < 4.78 is 34.4. The summed E-state index contributed by atoms with van der Waals surface area (Å²) in [5.74, 6) is 0. The molecule has 0 aliphatic carbocycles. The number of hydrogen-bond acceptors (Lipinski definition) is 4. The topological polar surface area (TPSA) is 80.3 Å². The van der Waals surface area contributed by atoms with Crippen molar-refractivity contribution in [2.24, 2.45) is 0 Å². The van der Waals surface area contributed by atoms with Gasteiger partial charge in [-0.25, -0.2) is 0 Å². The molecule has 7 heteroatoms. The summed E-state index contributed by atoms with van der Waals surface area (Å²) in [6.07, 6.45) is 0. The molecular weight excluding hydrogens is 425 g/mol. The Bertz CT molecular complexity index is 158. The Morgan fingerprint density at radius 2 is 0.769 bits per heavy atom. The van der Waals surface area contributed by atoms with E-state index in [0.717, 1.165) is 0 Å². The molecule has 0 saturated carbocycles. The molecule has 0 saturated heterocycles. The van der Waals surface area contributed by atoms with Crippen LogP contribution in [0.3, 0.4) is 0 Å². The van der Waals surface area contributed by atoms with E-state index in [1.165, 1.54) is 0 Å². The van der Waals surface area contributed by atoms with E-state index in [1.807, 2.05) is 0 Å². The predicted octanol–water partition coefficient (Wildman–Crippen LogP) is 0.123. The van der Waals surface area contributed by atoms with Crippen LogP contribution >= 0.6 is 0 Å². The van der Waals surface area contributed by atoms with Crippen LogP contribution in [0.25, 0.3) is 0 Å². The first-order valence-electron chi connectivity index (χ1n) is 3.67. The van der Waals surface area contributed by atoms with Gasteiger partial charge in [-0.15, -0.1) is 0 Å². The summed E-state index contributed by atoms with van der Waals surface area (Å²) in [4.78, 5) is 14.2. The van der Waals surface area contributed by atoms with Gasteiger partial charge in [-0.1, -0.05) is 0 Å². The van der Waals surface area contributed by atoms with E-state index in [2.05, 4.69) is 29.6 Å². The molecule has 0 unspecified atom stereocenters. The van der Waals surface area contributed by atoms with Gasteiger partial charge >= 0.3 is 98.7 Å². The van der Waals surface area contributed by atoms with Gasteiger partial charge < -0.3 is 0 Å². The summed E-state index contributed by atoms with van der Waals surface area (Å²) >= 11 is -6.84. The van der Waals surface area contributed by atoms with E-state index < -0.39 is 53.1 Å². The summed E-state index contributed by atoms with van der Waals surface area (Å²) in [7, 11) is 0. The summed E-state index contributed by atoms with van der Waals surface area (Å²) in [5, 5.41) is 0. The fourth-order valence-electron chi connectivity index (χ4n) is 0. The molecule has 4 nitrogen and oxygen atoms in total. The molecule has 0 aliphatic rings. The van der Waals surface area contributed by atoms with Crippen LogP contribution in [0.15, 0.2) is 0 Å². The summed E-state index contributed by atoms with van der Waals surface area (Å²) in [6, 6.07) is 0. The van der Waals surface area contributed by atoms with Gasteiger partial charge in [0.15, 0.2) is 0 Å². The molecule has 80 valence electrons. The molecule has 0 rings (SSSR count). The van der Waals surface area contributed by atoms with Crippen LogP contribution in [0.2, 0.25) is 29.6 Å². The van der Waals surface area contributed by atoms with Crippen molar-refractivity contribution < 1.29 is 29.5 Å². The molecule has 0 atom stereocenters. The normalized spacial score (nSPS) is 8.62. The average molecular weight is 444 g/mol. The van der Waals surface area contributed by atoms with Crippen molar-refractivity contribution in [1.29, 1.82) is 0 Å². The van der Waals surface area contributed by atoms with Crippen LogP contribution in [0.4, 0.5) is 0 Å². The van der Waals surface area contributed by atoms with E-state index in [9.17, 15) is 0 Å². The van der Waals surface area contributed by atoms with Gasteiger partial charge in [0.2, 0.25) is 0 Å². The van der Waals surface area contributed by atoms with Crippen LogP contribution in [-0.2, 0) is 21.2 Å². The summed E-state index contributed by atoms with van der Waals surface area (Å²) in [6.45, 7) is 0. The fraction of sp³-hybridized carbons (Fsp3) is 1.00. The molecule has 0 aliphatic heterocycles. The Kier molecular flexibility index (Phi) is 18.1. The van der Waals surface area contributed by atoms with Crippen LogP contribution < -0.4 is 8.32 Å². The van der Waals surface area contributed by atoms with Crippen LogP contribution in [0.1, 0.15) is 0 Å². The maximum atomic E-state index is 8.59. The Morgan fingerprint density at radius 1 is 0.769 bits per heavy atom. The van der Waals surface area contributed by atoms with Gasteiger partial charge in [-0.05, 0) is 0 Å². The van der Waals surface area contributed by atoms with Gasteiger partial charge in [-0.3, -0.25) is 0 Å². The SMILES string of the molecule is [CH3][Sn+]([CH3])[CH3].[CH3][Sn+]([CH3])[CH3].[O]=[Cr](=[O])([O-])[O-]. The Balaban J connectivity index is -0.000000117. The zero-order chi connectivity index (χ0) is 11.7. The Labute approximate surface area is 97.6 Å². The van der Waals surface area contributed by atoms with E-state index in [-0.39, 0.29) is 0 Å². The number of rotatable bonds is 0. The zero-order valence-electron chi connectivity index (χ0n) is 9.04. The van der Waals surface area contributed by atoms with Crippen molar-refractivity contribution in [2.75, 3.05) is 0 Å². The van der Waals surface area contributed by atoms with Crippen LogP contribution in [0.5, 0.6) is 0 Å². The maximum absolute atomic E-state index is 8.59. The standard InChI is InChI=1S/6CH3.Cr.4O.2Sn/h6*1H3;;;;;;;/q;;;;;;;;;2*-1;2*+1. The molecule has 0 aromatic heterocycles. The zero-order valence-corrected chi connectivity index (χ0v) is 16.0. The molecular formula is C6H18CrO4Sn2. The van der Waals surface area contributed by atoms with Crippen LogP contribution in [-0.4, -0.2) is 39.5 Å². The van der Waals surface area contributed by atoms with E-state index in [1.54, 1.807) is 0 Å². The third-order valence-corrected chi connectivity index (χ3v) is 0. The first-order chi connectivity index (χ1) is 5.46. The average Bonchev–Trinajstić information content (AvgIpc) is 1.50. The van der Waals surface area contributed by atoms with Crippen molar-refractivity contribution in [2.45, 2.75) is 29.6 Å². The molecule has 0 fully saturated rings. The molecule has 0 bridgehead atoms. The van der Waals surface area contributed by atoms with Crippen LogP contribution in [0, 0.1) is 0 Å². The van der Waals surface area contributed by atoms with Crippen molar-refractivity contribution in [3.63, 3.8) is 0 Å². The Hall–Kier alpha value is 1.65. The minimum atomic E-state index is -5.75. The second kappa shape index (κ2) is 11.7. The van der Waals surface area contributed by atoms with Crippen molar-refractivity contribution in [3.05, 3.63) is 0 Å². The second-order valence-corrected chi connectivity index (χ2v) is 21.8. The fourth-order valence-corrected chi connectivity index (χ4v) is 0. The number of hydrogen-bond donors (Lipinski definition) is 0. The molecule has 0 spiro atoms. The van der Waals surface area contributed by atoms with Crippen molar-refractivity contribution in [3.8, 4) is 0 Å². The first-order valence-corrected chi connectivity index (χ1v) is 22.9. The van der Waals surface area contributed by atoms with Gasteiger partial charge in [0.1, 0.15) is 0 Å². The monoisotopic (exact) mass is 446 g/mol. The van der Waals surface area contributed by atoms with Gasteiger partial charge in [0.05, 0.1) is 0 Å². The summed E-state index contributed by atoms with van der Waals surface area (Å²) in [5.41, 5.74) is 0. The third-order valence-electron chi connectivity index (χ3n) is 0. The molecule has 0 aromatic rings. The minimum absolute atomic E-state index is 0.543. The quantitative estimate of drug-likeness (QED) is 0.498. The van der Waals surface area contributed by atoms with E-state index in [4.69, 9.17) is 15.9 Å². The van der Waals surface area contributed by atoms with Crippen molar-refractivity contribution in [1.82, 2.24) is 0 Å². The molecule has 13 heavy (non-hydrogen) atoms. The Morgan fingerprint density at radius 3 is 0.769 bits per heavy atom. The first kappa shape index (κ1) is 20.1. The molecule has 0 radical (unpaired) electrons. The molecule has 0 amide bonds. The van der Waals surface area contributed by atoms with E-state index in [0.29, 0.717) is 0 Å². The van der Waals surface area contributed by atoms with Gasteiger partial charge in [0, 0.05) is 0 Å². The third kappa shape index (κ3) is 681. The molecule has 0 N–H and O–H groups in total. The molecule has 0 aromatic carbocycles. The second-order valence-electron chi connectivity index (χ2n) is 3.41. The van der Waals surface area contributed by atoms with Gasteiger partial charge in [-0.2, -0.15) is 0 Å². The van der Waals surface area contributed by atoms with E-state index >= 15 is 0 Å². The van der Waals surface area contributed by atoms with Gasteiger partial charge in [0.25, 0.3) is 0 Å². The molecule has 0 heterocycles. The predicted molar refractivity (Wildman–Crippen MR) is 48.1 cm³/mol. The van der Waals surface area contributed by atoms with Crippen molar-refractivity contribution >= 4 is 39.5 Å².